The Morgan fingerprint density at radius 1 is 0.481 bits per heavy atom. The van der Waals surface area contributed by atoms with Crippen LogP contribution in [-0.4, -0.2) is 6.54 Å². The molecular weight excluding hydrogens is 326 g/mol. The zero-order valence-electron chi connectivity index (χ0n) is 15.5. The summed E-state index contributed by atoms with van der Waals surface area (Å²) in [6.07, 6.45) is 0. The Morgan fingerprint density at radius 3 is 1.26 bits per heavy atom. The van der Waals surface area contributed by atoms with Crippen LogP contribution in [0.5, 0.6) is 0 Å². The van der Waals surface area contributed by atoms with Crippen molar-refractivity contribution < 1.29 is 0 Å². The van der Waals surface area contributed by atoms with Gasteiger partial charge in [0.25, 0.3) is 0 Å². The molecule has 4 aromatic carbocycles. The van der Waals surface area contributed by atoms with Crippen molar-refractivity contribution in [1.82, 2.24) is 0 Å². The average Bonchev–Trinajstić information content (AvgIpc) is 2.76. The Hall–Kier alpha value is -3.32. The second kappa shape index (κ2) is 7.92. The third-order valence-corrected chi connectivity index (χ3v) is 4.88. The summed E-state index contributed by atoms with van der Waals surface area (Å²) in [4.78, 5) is 2.41. The van der Waals surface area contributed by atoms with Gasteiger partial charge in [-0.2, -0.15) is 0 Å². The van der Waals surface area contributed by atoms with E-state index in [2.05, 4.69) is 121 Å². The van der Waals surface area contributed by atoms with Crippen LogP contribution in [0.1, 0.15) is 6.92 Å². The largest absolute Gasteiger partial charge is 0.341 e. The maximum absolute atomic E-state index is 2.41. The van der Waals surface area contributed by atoms with Gasteiger partial charge < -0.3 is 4.90 Å². The van der Waals surface area contributed by atoms with Gasteiger partial charge in [0, 0.05) is 29.0 Å². The average molecular weight is 349 g/mol. The van der Waals surface area contributed by atoms with Gasteiger partial charge in [0.2, 0.25) is 0 Å². The lowest BCUT2D eigenvalue weighted by molar-refractivity contribution is 1.03. The van der Waals surface area contributed by atoms with Crippen LogP contribution in [0.4, 0.5) is 11.4 Å². The molecule has 0 fully saturated rings. The van der Waals surface area contributed by atoms with Crippen molar-refractivity contribution in [1.29, 1.82) is 0 Å². The summed E-state index contributed by atoms with van der Waals surface area (Å²) in [7, 11) is 0. The van der Waals surface area contributed by atoms with E-state index in [1.807, 2.05) is 0 Å². The lowest BCUT2D eigenvalue weighted by Gasteiger charge is -2.28. The van der Waals surface area contributed by atoms with Crippen LogP contribution >= 0.6 is 0 Å². The molecule has 0 atom stereocenters. The first-order chi connectivity index (χ1) is 13.4. The van der Waals surface area contributed by atoms with E-state index in [4.69, 9.17) is 0 Å². The van der Waals surface area contributed by atoms with Crippen LogP contribution in [0.15, 0.2) is 109 Å². The van der Waals surface area contributed by atoms with Gasteiger partial charge in [-0.1, -0.05) is 97.1 Å². The van der Waals surface area contributed by atoms with Crippen molar-refractivity contribution in [2.75, 3.05) is 11.4 Å². The lowest BCUT2D eigenvalue weighted by atomic mass is 9.99. The van der Waals surface area contributed by atoms with Crippen molar-refractivity contribution >= 4 is 11.4 Å². The predicted octanol–water partition coefficient (Wildman–Crippen LogP) is 7.18. The summed E-state index contributed by atoms with van der Waals surface area (Å²) in [6.45, 7) is 3.11. The quantitative estimate of drug-likeness (QED) is 0.369. The normalized spacial score (nSPS) is 10.6. The van der Waals surface area contributed by atoms with Gasteiger partial charge in [-0.05, 0) is 30.2 Å². The monoisotopic (exact) mass is 349 g/mol. The van der Waals surface area contributed by atoms with Gasteiger partial charge in [-0.15, -0.1) is 0 Å². The minimum atomic E-state index is 0.897. The molecule has 132 valence electrons. The molecule has 0 radical (unpaired) electrons. The molecule has 27 heavy (non-hydrogen) atoms. The SMILES string of the molecule is CCN(c1ccccc1-c1ccccc1)c1ccccc1-c1ccccc1. The third kappa shape index (κ3) is 3.50. The molecule has 1 heteroatoms. The number of benzene rings is 4. The summed E-state index contributed by atoms with van der Waals surface area (Å²) < 4.78 is 0. The fourth-order valence-corrected chi connectivity index (χ4v) is 3.61. The van der Waals surface area contributed by atoms with Crippen LogP contribution in [0.2, 0.25) is 0 Å². The molecule has 4 aromatic rings. The highest BCUT2D eigenvalue weighted by Crippen LogP contribution is 2.39. The maximum Gasteiger partial charge on any atom is 0.0490 e. The van der Waals surface area contributed by atoms with E-state index >= 15 is 0 Å². The van der Waals surface area contributed by atoms with Crippen molar-refractivity contribution in [3.63, 3.8) is 0 Å². The number of hydrogen-bond donors (Lipinski definition) is 0. The van der Waals surface area contributed by atoms with Crippen LogP contribution in [-0.2, 0) is 0 Å². The van der Waals surface area contributed by atoms with Crippen molar-refractivity contribution in [2.24, 2.45) is 0 Å². The molecule has 0 aliphatic heterocycles. The Labute approximate surface area is 161 Å². The summed E-state index contributed by atoms with van der Waals surface area (Å²) in [5.41, 5.74) is 7.45. The molecule has 0 bridgehead atoms. The van der Waals surface area contributed by atoms with E-state index < -0.39 is 0 Å². The highest BCUT2D eigenvalue weighted by Gasteiger charge is 2.16. The first-order valence-corrected chi connectivity index (χ1v) is 9.45. The van der Waals surface area contributed by atoms with Gasteiger partial charge in [0.1, 0.15) is 0 Å². The van der Waals surface area contributed by atoms with E-state index in [1.54, 1.807) is 0 Å². The highest BCUT2D eigenvalue weighted by molar-refractivity contribution is 5.88. The number of para-hydroxylation sites is 2. The van der Waals surface area contributed by atoms with Crippen molar-refractivity contribution in [3.8, 4) is 22.3 Å². The molecule has 1 nitrogen and oxygen atoms in total. The van der Waals surface area contributed by atoms with Crippen molar-refractivity contribution in [3.05, 3.63) is 109 Å². The van der Waals surface area contributed by atoms with Gasteiger partial charge in [-0.25, -0.2) is 0 Å². The molecule has 0 N–H and O–H groups in total. The van der Waals surface area contributed by atoms with Crippen LogP contribution < -0.4 is 4.90 Å². The number of anilines is 2. The van der Waals surface area contributed by atoms with Gasteiger partial charge in [-0.3, -0.25) is 0 Å². The first kappa shape index (κ1) is 17.1. The van der Waals surface area contributed by atoms with E-state index in [0.717, 1.165) is 6.54 Å². The van der Waals surface area contributed by atoms with Crippen LogP contribution in [0.3, 0.4) is 0 Å². The second-order valence-corrected chi connectivity index (χ2v) is 6.51. The number of rotatable bonds is 5. The molecule has 0 saturated carbocycles. The Kier molecular flexibility index (Phi) is 5.02. The van der Waals surface area contributed by atoms with Gasteiger partial charge in [0.15, 0.2) is 0 Å². The number of hydrogen-bond acceptors (Lipinski definition) is 1. The molecule has 0 aromatic heterocycles. The van der Waals surface area contributed by atoms with E-state index in [9.17, 15) is 0 Å². The van der Waals surface area contributed by atoms with Crippen molar-refractivity contribution in [2.45, 2.75) is 6.92 Å². The predicted molar refractivity (Wildman–Crippen MR) is 116 cm³/mol. The molecule has 0 amide bonds. The van der Waals surface area contributed by atoms with E-state index in [-0.39, 0.29) is 0 Å². The first-order valence-electron chi connectivity index (χ1n) is 9.45. The minimum absolute atomic E-state index is 0.897. The fourth-order valence-electron chi connectivity index (χ4n) is 3.61. The molecule has 0 aliphatic carbocycles. The van der Waals surface area contributed by atoms with E-state index in [0.29, 0.717) is 0 Å². The number of nitrogens with zero attached hydrogens (tertiary/aromatic N) is 1. The summed E-state index contributed by atoms with van der Waals surface area (Å²) in [5.74, 6) is 0. The lowest BCUT2D eigenvalue weighted by Crippen LogP contribution is -2.17. The molecule has 0 saturated heterocycles. The maximum atomic E-state index is 2.41. The van der Waals surface area contributed by atoms with Crippen LogP contribution in [0.25, 0.3) is 22.3 Å². The Bertz CT molecular complexity index is 923. The Balaban J connectivity index is 1.86. The highest BCUT2D eigenvalue weighted by atomic mass is 15.1. The summed E-state index contributed by atoms with van der Waals surface area (Å²) in [5, 5.41) is 0. The van der Waals surface area contributed by atoms with Crippen LogP contribution in [0, 0.1) is 0 Å². The molecule has 0 heterocycles. The second-order valence-electron chi connectivity index (χ2n) is 6.51. The van der Waals surface area contributed by atoms with Gasteiger partial charge >= 0.3 is 0 Å². The molecule has 0 unspecified atom stereocenters. The molecular formula is C26H23N. The topological polar surface area (TPSA) is 3.24 Å². The van der Waals surface area contributed by atoms with E-state index in [1.165, 1.54) is 33.6 Å². The Morgan fingerprint density at radius 2 is 0.852 bits per heavy atom. The molecule has 0 aliphatic rings. The zero-order chi connectivity index (χ0) is 18.5. The molecule has 0 spiro atoms. The molecule has 4 rings (SSSR count). The minimum Gasteiger partial charge on any atom is -0.341 e. The summed E-state index contributed by atoms with van der Waals surface area (Å²) in [6, 6.07) is 38.5. The van der Waals surface area contributed by atoms with Gasteiger partial charge in [0.05, 0.1) is 0 Å². The standard InChI is InChI=1S/C26H23N/c1-2-27(25-19-11-9-17-23(25)21-13-5-3-6-14-21)26-20-12-10-18-24(26)22-15-7-4-8-16-22/h3-20H,2H2,1H3. The fraction of sp³-hybridized carbons (Fsp3) is 0.0769. The summed E-state index contributed by atoms with van der Waals surface area (Å²) >= 11 is 0. The smallest absolute Gasteiger partial charge is 0.0490 e. The zero-order valence-corrected chi connectivity index (χ0v) is 15.5. The third-order valence-electron chi connectivity index (χ3n) is 4.88.